The van der Waals surface area contributed by atoms with Crippen LogP contribution < -0.4 is 10.6 Å². The predicted molar refractivity (Wildman–Crippen MR) is 138 cm³/mol. The van der Waals surface area contributed by atoms with Crippen LogP contribution in [0.25, 0.3) is 0 Å². The van der Waals surface area contributed by atoms with E-state index in [9.17, 15) is 14.4 Å². The van der Waals surface area contributed by atoms with E-state index in [4.69, 9.17) is 10.5 Å². The molecule has 1 atom stereocenters. The lowest BCUT2D eigenvalue weighted by Crippen LogP contribution is -2.32. The predicted octanol–water partition coefficient (Wildman–Crippen LogP) is 4.10. The van der Waals surface area contributed by atoms with E-state index in [0.717, 1.165) is 28.4 Å². The molecule has 9 heteroatoms. The number of thiophene rings is 1. The maximum absolute atomic E-state index is 13.4. The minimum absolute atomic E-state index is 0.0805. The number of rotatable bonds is 6. The smallest absolute Gasteiger partial charge is 0.341 e. The second-order valence-electron chi connectivity index (χ2n) is 8.57. The topological polar surface area (TPSA) is 92.9 Å². The molecule has 5 rings (SSSR count). The van der Waals surface area contributed by atoms with Crippen LogP contribution in [0, 0.1) is 0 Å². The molecular formula is C26H25N3O4S2. The van der Waals surface area contributed by atoms with Gasteiger partial charge in [-0.25, -0.2) is 9.69 Å². The van der Waals surface area contributed by atoms with Crippen LogP contribution >= 0.6 is 23.1 Å². The van der Waals surface area contributed by atoms with E-state index in [0.29, 0.717) is 29.2 Å². The molecule has 180 valence electrons. The highest BCUT2D eigenvalue weighted by Gasteiger charge is 2.44. The van der Waals surface area contributed by atoms with Crippen LogP contribution in [0.15, 0.2) is 59.5 Å². The van der Waals surface area contributed by atoms with E-state index in [-0.39, 0.29) is 18.2 Å². The van der Waals surface area contributed by atoms with E-state index in [1.807, 2.05) is 30.3 Å². The van der Waals surface area contributed by atoms with Crippen molar-refractivity contribution in [1.82, 2.24) is 4.90 Å². The number of hydrogen-bond donors (Lipinski definition) is 1. The summed E-state index contributed by atoms with van der Waals surface area (Å²) in [6, 6.07) is 17.4. The number of ether oxygens (including phenoxy) is 1. The number of carbonyl (C=O) groups is 3. The molecule has 1 fully saturated rings. The van der Waals surface area contributed by atoms with Crippen molar-refractivity contribution in [3.63, 3.8) is 0 Å². The zero-order chi connectivity index (χ0) is 24.5. The standard InChI is InChI=1S/C26H25N3O4S2/c1-33-26(32)23-19-11-12-28(14-16-5-3-2-4-6-16)15-21(19)35-25(23)29-22(30)13-20(24(29)31)34-18-9-7-17(27)8-10-18/h2-10,20H,11-15,27H2,1H3. The number of anilines is 2. The maximum atomic E-state index is 13.4. The number of fused-ring (bicyclic) bond motifs is 1. The van der Waals surface area contributed by atoms with Gasteiger partial charge in [0, 0.05) is 41.5 Å². The molecule has 7 nitrogen and oxygen atoms in total. The van der Waals surface area contributed by atoms with Gasteiger partial charge in [0.15, 0.2) is 0 Å². The van der Waals surface area contributed by atoms with E-state index < -0.39 is 11.2 Å². The summed E-state index contributed by atoms with van der Waals surface area (Å²) in [4.78, 5) is 44.6. The van der Waals surface area contributed by atoms with Gasteiger partial charge in [0.2, 0.25) is 11.8 Å². The second-order valence-corrected chi connectivity index (χ2v) is 10.9. The number of imide groups is 1. The molecule has 0 radical (unpaired) electrons. The van der Waals surface area contributed by atoms with Gasteiger partial charge in [-0.15, -0.1) is 23.1 Å². The van der Waals surface area contributed by atoms with Crippen molar-refractivity contribution in [2.45, 2.75) is 36.1 Å². The zero-order valence-corrected chi connectivity index (χ0v) is 20.9. The molecule has 1 aromatic heterocycles. The van der Waals surface area contributed by atoms with Crippen LogP contribution in [-0.4, -0.2) is 41.6 Å². The Morgan fingerprint density at radius 3 is 2.60 bits per heavy atom. The Labute approximate surface area is 211 Å². The number of nitrogens with two attached hydrogens (primary N) is 1. The lowest BCUT2D eigenvalue weighted by Gasteiger charge is -2.27. The van der Waals surface area contributed by atoms with Crippen LogP contribution in [0.2, 0.25) is 0 Å². The summed E-state index contributed by atoms with van der Waals surface area (Å²) in [6.07, 6.45) is 0.736. The molecule has 2 aliphatic rings. The molecule has 1 unspecified atom stereocenters. The van der Waals surface area contributed by atoms with Crippen LogP contribution in [0.5, 0.6) is 0 Å². The van der Waals surface area contributed by atoms with Gasteiger partial charge in [-0.05, 0) is 41.8 Å². The van der Waals surface area contributed by atoms with Crippen molar-refractivity contribution in [1.29, 1.82) is 0 Å². The number of nitrogen functional groups attached to an aromatic ring is 1. The third-order valence-corrected chi connectivity index (χ3v) is 8.62. The van der Waals surface area contributed by atoms with Crippen molar-refractivity contribution in [2.24, 2.45) is 0 Å². The van der Waals surface area contributed by atoms with Crippen molar-refractivity contribution in [2.75, 3.05) is 24.3 Å². The Balaban J connectivity index is 1.42. The lowest BCUT2D eigenvalue weighted by atomic mass is 10.0. The highest BCUT2D eigenvalue weighted by atomic mass is 32.2. The minimum Gasteiger partial charge on any atom is -0.465 e. The molecule has 3 aromatic rings. The van der Waals surface area contributed by atoms with Gasteiger partial charge >= 0.3 is 5.97 Å². The molecule has 35 heavy (non-hydrogen) atoms. The van der Waals surface area contributed by atoms with Gasteiger partial charge in [0.05, 0.1) is 17.9 Å². The first-order chi connectivity index (χ1) is 16.9. The monoisotopic (exact) mass is 507 g/mol. The fraction of sp³-hybridized carbons (Fsp3) is 0.269. The number of thioether (sulfide) groups is 1. The van der Waals surface area contributed by atoms with Crippen molar-refractivity contribution in [3.8, 4) is 0 Å². The molecule has 2 aromatic carbocycles. The van der Waals surface area contributed by atoms with Gasteiger partial charge in [0.25, 0.3) is 0 Å². The molecule has 2 N–H and O–H groups in total. The average molecular weight is 508 g/mol. The molecule has 1 saturated heterocycles. The van der Waals surface area contributed by atoms with Crippen molar-refractivity contribution < 1.29 is 19.1 Å². The summed E-state index contributed by atoms with van der Waals surface area (Å²) in [5.74, 6) is -1.11. The molecule has 2 amide bonds. The van der Waals surface area contributed by atoms with Gasteiger partial charge in [0.1, 0.15) is 5.00 Å². The summed E-state index contributed by atoms with van der Waals surface area (Å²) in [5, 5.41) is -0.163. The molecule has 2 aliphatic heterocycles. The number of esters is 1. The molecule has 0 saturated carbocycles. The van der Waals surface area contributed by atoms with Crippen molar-refractivity contribution in [3.05, 3.63) is 76.2 Å². The third-order valence-electron chi connectivity index (χ3n) is 6.22. The number of carbonyl (C=O) groups excluding carboxylic acids is 3. The van der Waals surface area contributed by atoms with Crippen LogP contribution in [0.1, 0.15) is 32.8 Å². The Hall–Kier alpha value is -3.14. The van der Waals surface area contributed by atoms with E-state index >= 15 is 0 Å². The maximum Gasteiger partial charge on any atom is 0.341 e. The Morgan fingerprint density at radius 2 is 1.89 bits per heavy atom. The first-order valence-electron chi connectivity index (χ1n) is 11.3. The largest absolute Gasteiger partial charge is 0.465 e. The quantitative estimate of drug-likeness (QED) is 0.305. The van der Waals surface area contributed by atoms with Gasteiger partial charge < -0.3 is 10.5 Å². The SMILES string of the molecule is COC(=O)c1c(N2C(=O)CC(Sc3ccc(N)cc3)C2=O)sc2c1CCN(Cc1ccccc1)C2. The second kappa shape index (κ2) is 9.85. The number of benzene rings is 2. The zero-order valence-electron chi connectivity index (χ0n) is 19.2. The normalized spacial score (nSPS) is 18.1. The molecular weight excluding hydrogens is 482 g/mol. The fourth-order valence-electron chi connectivity index (χ4n) is 4.51. The highest BCUT2D eigenvalue weighted by Crippen LogP contribution is 2.43. The van der Waals surface area contributed by atoms with E-state index in [1.54, 1.807) is 12.1 Å². The van der Waals surface area contributed by atoms with Crippen LogP contribution in [0.3, 0.4) is 0 Å². The lowest BCUT2D eigenvalue weighted by molar-refractivity contribution is -0.121. The van der Waals surface area contributed by atoms with Gasteiger partial charge in [-0.2, -0.15) is 0 Å². The first kappa shape index (κ1) is 23.6. The van der Waals surface area contributed by atoms with Crippen molar-refractivity contribution >= 4 is 51.6 Å². The molecule has 0 spiro atoms. The average Bonchev–Trinajstić information content (AvgIpc) is 3.36. The summed E-state index contributed by atoms with van der Waals surface area (Å²) in [5.41, 5.74) is 8.85. The number of amides is 2. The summed E-state index contributed by atoms with van der Waals surface area (Å²) in [7, 11) is 1.33. The third kappa shape index (κ3) is 4.71. The number of hydrogen-bond acceptors (Lipinski definition) is 8. The fourth-order valence-corrected chi connectivity index (χ4v) is 6.96. The summed E-state index contributed by atoms with van der Waals surface area (Å²) < 4.78 is 5.08. The number of nitrogens with zero attached hydrogens (tertiary/aromatic N) is 2. The minimum atomic E-state index is -0.551. The van der Waals surface area contributed by atoms with Gasteiger partial charge in [-0.1, -0.05) is 30.3 Å². The van der Waals surface area contributed by atoms with Crippen LogP contribution in [0.4, 0.5) is 10.7 Å². The van der Waals surface area contributed by atoms with E-state index in [1.165, 1.54) is 40.7 Å². The van der Waals surface area contributed by atoms with E-state index in [2.05, 4.69) is 17.0 Å². The summed E-state index contributed by atoms with van der Waals surface area (Å²) in [6.45, 7) is 2.22. The number of methoxy groups -OCH3 is 1. The Kier molecular flexibility index (Phi) is 6.64. The summed E-state index contributed by atoms with van der Waals surface area (Å²) >= 11 is 2.69. The molecule has 0 bridgehead atoms. The molecule has 3 heterocycles. The van der Waals surface area contributed by atoms with Gasteiger partial charge in [-0.3, -0.25) is 14.5 Å². The van der Waals surface area contributed by atoms with Crippen LogP contribution in [-0.2, 0) is 33.8 Å². The molecule has 0 aliphatic carbocycles. The Morgan fingerprint density at radius 1 is 1.14 bits per heavy atom. The highest BCUT2D eigenvalue weighted by molar-refractivity contribution is 8.00. The Bertz CT molecular complexity index is 1270. The first-order valence-corrected chi connectivity index (χ1v) is 13.0.